The quantitative estimate of drug-likeness (QED) is 0.0360. The zero-order valence-electron chi connectivity index (χ0n) is 72.6. The van der Waals surface area contributed by atoms with Gasteiger partial charge in [-0.25, -0.2) is 0 Å². The zero-order chi connectivity index (χ0) is 93.3. The van der Waals surface area contributed by atoms with E-state index >= 15 is 33.6 Å². The van der Waals surface area contributed by atoms with Crippen LogP contribution < -0.4 is 70.4 Å². The van der Waals surface area contributed by atoms with Crippen LogP contribution in [0.4, 0.5) is 0 Å². The lowest BCUT2D eigenvalue weighted by atomic mass is 9.98. The second-order valence-corrected chi connectivity index (χ2v) is 33.6. The van der Waals surface area contributed by atoms with E-state index in [1.807, 2.05) is 6.92 Å². The van der Waals surface area contributed by atoms with Crippen molar-refractivity contribution in [2.45, 2.75) is 164 Å². The molecule has 0 unspecified atom stereocenters. The van der Waals surface area contributed by atoms with Crippen molar-refractivity contribution < 1.29 is 82.1 Å². The molecule has 11 atom stereocenters. The number of likely N-dealkylation sites (N-methyl/N-ethyl adjacent to an activating group) is 4. The Morgan fingerprint density at radius 2 is 0.953 bits per heavy atom. The average Bonchev–Trinajstić information content (AvgIpc) is 1.59. The summed E-state index contributed by atoms with van der Waals surface area (Å²) in [6.07, 6.45) is 3.86. The number of amides is 15. The summed E-state index contributed by atoms with van der Waals surface area (Å²) < 4.78 is 0. The number of unbranched alkanes of at least 4 members (excludes halogenated alkanes) is 1. The van der Waals surface area contributed by atoms with Crippen LogP contribution in [-0.2, 0) is 110 Å². The number of nitrogens with two attached hydrogens (primary N) is 3. The van der Waals surface area contributed by atoms with E-state index < -0.39 is 192 Å². The zero-order valence-corrected chi connectivity index (χ0v) is 74.5. The minimum absolute atomic E-state index is 0.0114. The number of nitrogens with one attached hydrogen (secondary N) is 11. The molecule has 0 radical (unpaired) electrons. The molecule has 8 rings (SSSR count). The van der Waals surface area contributed by atoms with Gasteiger partial charge < -0.3 is 105 Å². The molecular formula is C90H116N19O17PS. The molecule has 0 saturated carbocycles. The van der Waals surface area contributed by atoms with Crippen LogP contribution in [0.1, 0.15) is 92.7 Å². The molecule has 1 aliphatic rings. The van der Waals surface area contributed by atoms with E-state index in [1.54, 1.807) is 117 Å². The Kier molecular flexibility index (Phi) is 38.9. The second-order valence-electron chi connectivity index (χ2n) is 32.0. The second kappa shape index (κ2) is 49.7. The topological polar surface area (TPSA) is 537 Å². The molecule has 684 valence electrons. The summed E-state index contributed by atoms with van der Waals surface area (Å²) in [5.41, 5.74) is 21.3. The highest BCUT2D eigenvalue weighted by atomic mass is 32.2. The number of aromatic amines is 1. The number of carbonyl (C=O) groups excluding carboxylic acids is 15. The lowest BCUT2D eigenvalue weighted by Crippen LogP contribution is -2.61. The van der Waals surface area contributed by atoms with E-state index in [4.69, 9.17) is 17.2 Å². The van der Waals surface area contributed by atoms with Crippen molar-refractivity contribution in [2.24, 2.45) is 23.1 Å². The van der Waals surface area contributed by atoms with E-state index in [0.717, 1.165) is 26.5 Å². The number of hydrogen-bond acceptors (Lipinski definition) is 20. The molecule has 2 aromatic heterocycles. The van der Waals surface area contributed by atoms with Gasteiger partial charge in [0, 0.05) is 114 Å². The molecule has 36 nitrogen and oxygen atoms in total. The summed E-state index contributed by atoms with van der Waals surface area (Å²) in [7, 11) is 8.57. The Labute approximate surface area is 748 Å². The normalized spacial score (nSPS) is 21.9. The third-order valence-electron chi connectivity index (χ3n) is 21.5. The van der Waals surface area contributed by atoms with Gasteiger partial charge in [-0.15, -0.1) is 20.6 Å². The van der Waals surface area contributed by atoms with Crippen LogP contribution >= 0.6 is 20.6 Å². The Morgan fingerprint density at radius 1 is 0.492 bits per heavy atom. The number of phenols is 2. The van der Waals surface area contributed by atoms with Crippen molar-refractivity contribution >= 4 is 126 Å². The smallest absolute Gasteiger partial charge is 0.245 e. The lowest BCUT2D eigenvalue weighted by Gasteiger charge is -2.34. The lowest BCUT2D eigenvalue weighted by molar-refractivity contribution is -0.147. The SMILES string of the molecule is CCCC[C@H]1C(=O)N(C)CC(=O)N[C@@H](CC(N)=P)C(=O)N[C@@H](C(C)C)C(=O)N(C)[C@@H](Cc2ccccc2)C(=O)N[C@@H](Cc2ccc(O)cc2)C(=O)N(C)CC(=O)N[C@@H](Cc2c[nH]c3ccccc23)C(=O)N[C@@H](Cc2ccc(O)cc2)C(=O)N[C@@H](CCCN)C(=O)N[C@H](C(=O)NCC(N)=O)CSCC(=O)N[C@@H](Cc2ccccc2)C(=O)N[C@@H](Cc2ccncc2)C(=O)N1C. The number of benzene rings is 5. The highest BCUT2D eigenvalue weighted by Crippen LogP contribution is 2.24. The summed E-state index contributed by atoms with van der Waals surface area (Å²) in [5, 5.41) is 48.4. The van der Waals surface area contributed by atoms with Gasteiger partial charge in [-0.3, -0.25) is 76.9 Å². The van der Waals surface area contributed by atoms with E-state index in [1.165, 1.54) is 94.0 Å². The van der Waals surface area contributed by atoms with Gasteiger partial charge in [0.1, 0.15) is 78.0 Å². The molecule has 0 aliphatic carbocycles. The molecule has 15 amide bonds. The van der Waals surface area contributed by atoms with Crippen LogP contribution in [0.3, 0.4) is 0 Å². The number of H-pyrrole nitrogens is 1. The Hall–Kier alpha value is -13.1. The Balaban J connectivity index is 1.20. The van der Waals surface area contributed by atoms with Crippen molar-refractivity contribution in [1.82, 2.24) is 82.7 Å². The molecule has 1 fully saturated rings. The minimum atomic E-state index is -1.61. The van der Waals surface area contributed by atoms with Gasteiger partial charge in [0.15, 0.2) is 0 Å². The predicted molar refractivity (Wildman–Crippen MR) is 484 cm³/mol. The van der Waals surface area contributed by atoms with Gasteiger partial charge in [0.25, 0.3) is 0 Å². The van der Waals surface area contributed by atoms with Crippen LogP contribution in [0.15, 0.2) is 164 Å². The number of fused-ring (bicyclic) bond motifs is 1. The maximum atomic E-state index is 15.4. The molecule has 1 aliphatic heterocycles. The van der Waals surface area contributed by atoms with E-state index in [-0.39, 0.29) is 87.7 Å². The molecule has 38 heteroatoms. The number of aromatic nitrogens is 2. The first-order valence-corrected chi connectivity index (χ1v) is 43.7. The number of phenolic OH excluding ortho intramolecular Hbond substituents is 2. The number of carbonyl (C=O) groups is 15. The fourth-order valence-corrected chi connectivity index (χ4v) is 15.6. The maximum absolute atomic E-state index is 15.4. The highest BCUT2D eigenvalue weighted by molar-refractivity contribution is 8.00. The first-order valence-electron chi connectivity index (χ1n) is 42.1. The number of para-hydroxylation sites is 1. The summed E-state index contributed by atoms with van der Waals surface area (Å²) in [5.74, 6) is -15.0. The van der Waals surface area contributed by atoms with Crippen LogP contribution in [0, 0.1) is 5.92 Å². The number of nitrogens with zero attached hydrogens (tertiary/aromatic N) is 5. The van der Waals surface area contributed by atoms with Crippen molar-refractivity contribution in [2.75, 3.05) is 65.9 Å². The molecule has 0 bridgehead atoms. The highest BCUT2D eigenvalue weighted by Gasteiger charge is 2.41. The number of aromatic hydroxyl groups is 2. The monoisotopic (exact) mass is 1800 g/mol. The molecular weight excluding hydrogens is 1680 g/mol. The summed E-state index contributed by atoms with van der Waals surface area (Å²) in [4.78, 5) is 233. The fraction of sp³-hybridized carbons (Fsp3) is 0.411. The number of pyridine rings is 1. The predicted octanol–water partition coefficient (Wildman–Crippen LogP) is 0.219. The average molecular weight is 1800 g/mol. The number of hydrogen-bond donors (Lipinski definition) is 16. The van der Waals surface area contributed by atoms with Gasteiger partial charge in [0.05, 0.1) is 25.4 Å². The van der Waals surface area contributed by atoms with Crippen molar-refractivity contribution in [3.05, 3.63) is 198 Å². The maximum Gasteiger partial charge on any atom is 0.245 e. The Bertz CT molecular complexity index is 5020. The molecule has 19 N–H and O–H groups in total. The van der Waals surface area contributed by atoms with Gasteiger partial charge in [-0.1, -0.05) is 137 Å². The largest absolute Gasteiger partial charge is 0.508 e. The molecule has 1 saturated heterocycles. The van der Waals surface area contributed by atoms with Gasteiger partial charge >= 0.3 is 0 Å². The minimum Gasteiger partial charge on any atom is -0.508 e. The first kappa shape index (κ1) is 100. The first-order chi connectivity index (χ1) is 61.1. The van der Waals surface area contributed by atoms with E-state index in [0.29, 0.717) is 57.1 Å². The summed E-state index contributed by atoms with van der Waals surface area (Å²) in [6, 6.07) is 22.5. The number of thioether (sulfide) groups is 1. The summed E-state index contributed by atoms with van der Waals surface area (Å²) >= 11 is 0.815. The standard InChI is InChI=1S/C90H116N19O17PS/c1-8-9-26-72-89(125)107(5)50-77(114)98-68(46-75(93)127)85(121)105-79(53(2)3)90(126)109(7)73(44-55-21-14-11-15-22-55)86(122)103-69(42-57-29-33-61(111)34-30-57)87(123)106(4)49-76(113)97-67(45-59-47-95-63-24-17-16-23-62(59)63)84(120)101-66(41-56-27-31-60(110)32-28-56)83(119)100-64(25-18-37-91)81(117)104-71(80(116)96-48-74(92)112)51-128-52-78(115)99-65(40-54-19-12-10-13-20-54)82(118)102-70(88(124)108(72)6)43-58-35-38-94-39-36-58/h10-17,19-24,27-36,38-39,47,53,64-73,79,95,110-111,127H,8-9,18,25-26,37,40-46,48-52,91,93H2,1-7H3,(H2,92,112)(H,96,116)(H,97,113)(H,98,114)(H,99,115)(H,100,119)(H,101,120)(H,102,118)(H,103,122)(H,104,117)(H,105,121)/t64-,65-,66-,67-,68-,69-,70-,71-,72-,73-,79-/m0/s1. The Morgan fingerprint density at radius 3 is 1.52 bits per heavy atom. The number of primary amides is 1. The van der Waals surface area contributed by atoms with Crippen molar-refractivity contribution in [3.63, 3.8) is 0 Å². The van der Waals surface area contributed by atoms with Crippen molar-refractivity contribution in [3.8, 4) is 11.5 Å². The molecule has 5 aromatic carbocycles. The number of rotatable bonds is 24. The summed E-state index contributed by atoms with van der Waals surface area (Å²) in [6.45, 7) is 2.94. The molecule has 3 heterocycles. The van der Waals surface area contributed by atoms with Gasteiger partial charge in [0.2, 0.25) is 88.6 Å². The molecule has 7 aromatic rings. The third kappa shape index (κ3) is 30.9. The van der Waals surface area contributed by atoms with Crippen LogP contribution in [0.5, 0.6) is 11.5 Å². The van der Waals surface area contributed by atoms with Crippen LogP contribution in [-0.4, -0.2) is 266 Å². The van der Waals surface area contributed by atoms with Gasteiger partial charge in [-0.05, 0) is 108 Å². The molecule has 0 spiro atoms. The van der Waals surface area contributed by atoms with Gasteiger partial charge in [-0.2, -0.15) is 0 Å². The van der Waals surface area contributed by atoms with E-state index in [2.05, 4.69) is 72.0 Å². The van der Waals surface area contributed by atoms with E-state index in [9.17, 15) is 48.6 Å². The van der Waals surface area contributed by atoms with Crippen LogP contribution in [0.2, 0.25) is 0 Å². The fourth-order valence-electron chi connectivity index (χ4n) is 14.5. The third-order valence-corrected chi connectivity index (χ3v) is 22.8. The molecule has 128 heavy (non-hydrogen) atoms. The van der Waals surface area contributed by atoms with Crippen LogP contribution in [0.25, 0.3) is 10.9 Å². The van der Waals surface area contributed by atoms with Crippen molar-refractivity contribution in [1.29, 1.82) is 0 Å².